The summed E-state index contributed by atoms with van der Waals surface area (Å²) in [5, 5.41) is 17.2. The Balaban J connectivity index is 1.80. The van der Waals surface area contributed by atoms with E-state index in [1.165, 1.54) is 33.2 Å². The van der Waals surface area contributed by atoms with Crippen LogP contribution in [0.2, 0.25) is 0 Å². The van der Waals surface area contributed by atoms with Crippen molar-refractivity contribution in [2.45, 2.75) is 38.5 Å². The van der Waals surface area contributed by atoms with E-state index in [2.05, 4.69) is 15.6 Å². The summed E-state index contributed by atoms with van der Waals surface area (Å²) in [6.07, 6.45) is 1.33. The molecule has 3 aromatic rings. The molecule has 36 heavy (non-hydrogen) atoms. The highest BCUT2D eigenvalue weighted by Crippen LogP contribution is 2.33. The summed E-state index contributed by atoms with van der Waals surface area (Å²) < 4.78 is 10.3. The maximum atomic E-state index is 13.0. The molecule has 0 unspecified atom stereocenters. The highest BCUT2D eigenvalue weighted by Gasteiger charge is 2.39. The Morgan fingerprint density at radius 2 is 1.47 bits per heavy atom. The van der Waals surface area contributed by atoms with E-state index in [1.54, 1.807) is 31.2 Å². The largest absolute Gasteiger partial charge is 0.493 e. The molecule has 9 nitrogen and oxygen atoms in total. The Bertz CT molecular complexity index is 1180. The summed E-state index contributed by atoms with van der Waals surface area (Å²) in [4.78, 5) is 41.5. The van der Waals surface area contributed by atoms with Gasteiger partial charge in [-0.2, -0.15) is 0 Å². The molecule has 2 amide bonds. The van der Waals surface area contributed by atoms with Gasteiger partial charge in [0.2, 0.25) is 11.7 Å². The molecule has 1 aromatic heterocycles. The molecule has 0 bridgehead atoms. The minimum Gasteiger partial charge on any atom is -0.493 e. The summed E-state index contributed by atoms with van der Waals surface area (Å²) in [6, 6.07) is 17.7. The fraction of sp³-hybridized carbons (Fsp3) is 0.259. The average Bonchev–Trinajstić information content (AvgIpc) is 2.88. The van der Waals surface area contributed by atoms with Crippen molar-refractivity contribution < 1.29 is 29.0 Å². The van der Waals surface area contributed by atoms with Gasteiger partial charge in [0.25, 0.3) is 5.91 Å². The zero-order chi connectivity index (χ0) is 26.3. The van der Waals surface area contributed by atoms with E-state index in [9.17, 15) is 19.5 Å². The fourth-order valence-corrected chi connectivity index (χ4v) is 3.82. The normalized spacial score (nSPS) is 12.7. The van der Waals surface area contributed by atoms with E-state index in [-0.39, 0.29) is 17.2 Å². The van der Waals surface area contributed by atoms with E-state index >= 15 is 0 Å². The van der Waals surface area contributed by atoms with E-state index in [1.807, 2.05) is 36.4 Å². The van der Waals surface area contributed by atoms with E-state index in [0.717, 1.165) is 0 Å². The molecule has 1 heterocycles. The number of carbonyl (C=O) groups is 3. The number of esters is 1. The molecule has 3 N–H and O–H groups in total. The van der Waals surface area contributed by atoms with Crippen molar-refractivity contribution in [2.75, 3.05) is 7.11 Å². The molecule has 0 saturated heterocycles. The number of nitrogens with zero attached hydrogens (tertiary/aromatic N) is 1. The Kier molecular flexibility index (Phi) is 8.39. The predicted octanol–water partition coefficient (Wildman–Crippen LogP) is 2.57. The van der Waals surface area contributed by atoms with Gasteiger partial charge in [-0.3, -0.25) is 14.4 Å². The molecule has 0 radical (unpaired) electrons. The second-order valence-electron chi connectivity index (χ2n) is 8.21. The van der Waals surface area contributed by atoms with Gasteiger partial charge in [-0.15, -0.1) is 0 Å². The number of benzene rings is 2. The van der Waals surface area contributed by atoms with E-state index in [0.29, 0.717) is 11.1 Å². The van der Waals surface area contributed by atoms with Gasteiger partial charge in [0.05, 0.1) is 13.2 Å². The van der Waals surface area contributed by atoms with Crippen LogP contribution < -0.4 is 20.1 Å². The van der Waals surface area contributed by atoms with Crippen molar-refractivity contribution in [3.63, 3.8) is 0 Å². The lowest BCUT2D eigenvalue weighted by Crippen LogP contribution is -2.54. The number of hydrogen-bond acceptors (Lipinski definition) is 7. The van der Waals surface area contributed by atoms with Crippen molar-refractivity contribution in [2.24, 2.45) is 0 Å². The maximum Gasteiger partial charge on any atom is 0.308 e. The monoisotopic (exact) mass is 491 g/mol. The number of pyridine rings is 1. The van der Waals surface area contributed by atoms with Crippen LogP contribution in [0.3, 0.4) is 0 Å². The molecular weight excluding hydrogens is 462 g/mol. The Labute approximate surface area is 209 Å². The standard InChI is InChI=1S/C27H29N3O6/c1-17(29-26(33)23-24(36-19(3)31)22(35-4)15-16-28-23)25(32)30-18(2)27(34,20-11-7-5-8-12-20)21-13-9-6-10-14-21/h5-18,34H,1-4H3,(H,29,33)(H,30,32)/t17-,18-/m0/s1. The zero-order valence-corrected chi connectivity index (χ0v) is 20.5. The summed E-state index contributed by atoms with van der Waals surface area (Å²) in [7, 11) is 1.36. The van der Waals surface area contributed by atoms with Gasteiger partial charge in [0, 0.05) is 19.2 Å². The second kappa shape index (κ2) is 11.5. The van der Waals surface area contributed by atoms with Crippen LogP contribution >= 0.6 is 0 Å². The van der Waals surface area contributed by atoms with Crippen molar-refractivity contribution >= 4 is 17.8 Å². The highest BCUT2D eigenvalue weighted by atomic mass is 16.6. The maximum absolute atomic E-state index is 13.0. The number of nitrogens with one attached hydrogen (secondary N) is 2. The van der Waals surface area contributed by atoms with Gasteiger partial charge in [-0.05, 0) is 25.0 Å². The lowest BCUT2D eigenvalue weighted by molar-refractivity contribution is -0.132. The molecule has 0 saturated carbocycles. The topological polar surface area (TPSA) is 127 Å². The number of aliphatic hydroxyl groups is 1. The van der Waals surface area contributed by atoms with Crippen molar-refractivity contribution in [3.8, 4) is 11.5 Å². The summed E-state index contributed by atoms with van der Waals surface area (Å²) in [5.74, 6) is -1.92. The number of rotatable bonds is 9. The Morgan fingerprint density at radius 3 is 1.97 bits per heavy atom. The van der Waals surface area contributed by atoms with Crippen LogP contribution in [0.1, 0.15) is 42.4 Å². The van der Waals surface area contributed by atoms with Crippen LogP contribution in [0.25, 0.3) is 0 Å². The third kappa shape index (κ3) is 5.69. The van der Waals surface area contributed by atoms with Crippen LogP contribution in [0, 0.1) is 0 Å². The molecule has 2 atom stereocenters. The first-order valence-corrected chi connectivity index (χ1v) is 11.3. The minimum atomic E-state index is -1.53. The molecule has 188 valence electrons. The number of amides is 2. The Morgan fingerprint density at radius 1 is 0.917 bits per heavy atom. The van der Waals surface area contributed by atoms with Gasteiger partial charge in [0.15, 0.2) is 11.4 Å². The van der Waals surface area contributed by atoms with Gasteiger partial charge in [-0.25, -0.2) is 4.98 Å². The molecule has 3 rings (SSSR count). The van der Waals surface area contributed by atoms with Gasteiger partial charge < -0.3 is 25.2 Å². The molecule has 2 aromatic carbocycles. The van der Waals surface area contributed by atoms with Gasteiger partial charge in [0.1, 0.15) is 11.6 Å². The van der Waals surface area contributed by atoms with E-state index < -0.39 is 35.5 Å². The van der Waals surface area contributed by atoms with Crippen LogP contribution in [-0.2, 0) is 15.2 Å². The third-order valence-corrected chi connectivity index (χ3v) is 5.70. The second-order valence-corrected chi connectivity index (χ2v) is 8.21. The molecule has 0 aliphatic rings. The first-order valence-electron chi connectivity index (χ1n) is 11.3. The number of ether oxygens (including phenoxy) is 2. The number of hydrogen-bond donors (Lipinski definition) is 3. The lowest BCUT2D eigenvalue weighted by atomic mass is 9.80. The number of aromatic nitrogens is 1. The minimum absolute atomic E-state index is 0.145. The van der Waals surface area contributed by atoms with Crippen LogP contribution in [0.15, 0.2) is 72.9 Å². The zero-order valence-electron chi connectivity index (χ0n) is 20.5. The summed E-state index contributed by atoms with van der Waals surface area (Å²) >= 11 is 0. The average molecular weight is 492 g/mol. The van der Waals surface area contributed by atoms with Crippen LogP contribution in [0.4, 0.5) is 0 Å². The molecule has 0 fully saturated rings. The Hall–Kier alpha value is -4.24. The lowest BCUT2D eigenvalue weighted by Gasteiger charge is -2.36. The highest BCUT2D eigenvalue weighted by molar-refractivity contribution is 5.99. The third-order valence-electron chi connectivity index (χ3n) is 5.70. The van der Waals surface area contributed by atoms with Crippen molar-refractivity contribution in [3.05, 3.63) is 89.7 Å². The van der Waals surface area contributed by atoms with Crippen molar-refractivity contribution in [1.29, 1.82) is 0 Å². The molecule has 0 aliphatic heterocycles. The van der Waals surface area contributed by atoms with Crippen molar-refractivity contribution in [1.82, 2.24) is 15.6 Å². The molecule has 9 heteroatoms. The van der Waals surface area contributed by atoms with Crippen LogP contribution in [0.5, 0.6) is 11.5 Å². The number of methoxy groups -OCH3 is 1. The fourth-order valence-electron chi connectivity index (χ4n) is 3.82. The van der Waals surface area contributed by atoms with Gasteiger partial charge in [-0.1, -0.05) is 60.7 Å². The first-order chi connectivity index (χ1) is 17.2. The predicted molar refractivity (Wildman–Crippen MR) is 133 cm³/mol. The molecular formula is C27H29N3O6. The van der Waals surface area contributed by atoms with Crippen LogP contribution in [-0.4, -0.2) is 47.1 Å². The number of carbonyl (C=O) groups excluding carboxylic acids is 3. The quantitative estimate of drug-likeness (QED) is 0.393. The smallest absolute Gasteiger partial charge is 0.308 e. The molecule has 0 aliphatic carbocycles. The first kappa shape index (κ1) is 26.4. The van der Waals surface area contributed by atoms with E-state index in [4.69, 9.17) is 9.47 Å². The SMILES string of the molecule is COc1ccnc(C(=O)N[C@@H](C)C(=O)N[C@@H](C)C(O)(c2ccccc2)c2ccccc2)c1OC(C)=O. The van der Waals surface area contributed by atoms with Gasteiger partial charge >= 0.3 is 5.97 Å². The summed E-state index contributed by atoms with van der Waals surface area (Å²) in [6.45, 7) is 4.37. The summed E-state index contributed by atoms with van der Waals surface area (Å²) in [5.41, 5.74) is -0.527. The molecule has 0 spiro atoms.